The van der Waals surface area contributed by atoms with E-state index in [1.807, 2.05) is 11.3 Å². The minimum atomic E-state index is 0.260. The van der Waals surface area contributed by atoms with Gasteiger partial charge in [-0.2, -0.15) is 0 Å². The molecule has 0 aliphatic rings. The first kappa shape index (κ1) is 11.7. The van der Waals surface area contributed by atoms with Gasteiger partial charge in [-0.1, -0.05) is 26.8 Å². The molecule has 0 radical (unpaired) electrons. The Balaban J connectivity index is 2.79. The fraction of sp³-hybridized carbons (Fsp3) is 0.467. The zero-order valence-corrected chi connectivity index (χ0v) is 11.9. The topological polar surface area (TPSA) is 0 Å². The summed E-state index contributed by atoms with van der Waals surface area (Å²) >= 11 is 1.95. The van der Waals surface area contributed by atoms with Crippen LogP contribution in [-0.2, 0) is 5.41 Å². The van der Waals surface area contributed by atoms with Gasteiger partial charge in [0.25, 0.3) is 0 Å². The molecule has 0 N–H and O–H groups in total. The third-order valence-electron chi connectivity index (χ3n) is 3.23. The lowest BCUT2D eigenvalue weighted by molar-refractivity contribution is 0.601. The van der Waals surface area contributed by atoms with E-state index in [0.717, 1.165) is 0 Å². The van der Waals surface area contributed by atoms with Crippen molar-refractivity contribution in [3.63, 3.8) is 0 Å². The maximum absolute atomic E-state index is 2.34. The largest absolute Gasteiger partial charge is 0.139 e. The minimum Gasteiger partial charge on any atom is -0.139 e. The van der Waals surface area contributed by atoms with Crippen LogP contribution in [0.15, 0.2) is 12.1 Å². The molecule has 1 heteroatoms. The van der Waals surface area contributed by atoms with E-state index in [9.17, 15) is 0 Å². The van der Waals surface area contributed by atoms with Crippen LogP contribution in [-0.4, -0.2) is 0 Å². The average Bonchev–Trinajstić information content (AvgIpc) is 2.45. The van der Waals surface area contributed by atoms with Gasteiger partial charge in [-0.05, 0) is 54.3 Å². The molecular formula is C15H20S. The van der Waals surface area contributed by atoms with E-state index in [-0.39, 0.29) is 5.41 Å². The quantitative estimate of drug-likeness (QED) is 0.591. The molecular weight excluding hydrogens is 212 g/mol. The number of fused-ring (bicyclic) bond motifs is 1. The molecule has 0 atom stereocenters. The molecule has 1 heterocycles. The van der Waals surface area contributed by atoms with Crippen LogP contribution in [0.2, 0.25) is 0 Å². The lowest BCUT2D eigenvalue weighted by Crippen LogP contribution is -2.09. The number of benzene rings is 1. The van der Waals surface area contributed by atoms with E-state index < -0.39 is 0 Å². The van der Waals surface area contributed by atoms with E-state index in [1.165, 1.54) is 31.7 Å². The molecule has 86 valence electrons. The third kappa shape index (κ3) is 1.78. The van der Waals surface area contributed by atoms with E-state index >= 15 is 0 Å². The molecule has 0 aliphatic heterocycles. The van der Waals surface area contributed by atoms with Crippen molar-refractivity contribution >= 4 is 21.4 Å². The monoisotopic (exact) mass is 232 g/mol. The van der Waals surface area contributed by atoms with E-state index in [0.29, 0.717) is 0 Å². The summed E-state index contributed by atoms with van der Waals surface area (Å²) in [6.45, 7) is 13.5. The van der Waals surface area contributed by atoms with Crippen molar-refractivity contribution in [2.45, 2.75) is 47.0 Å². The molecule has 16 heavy (non-hydrogen) atoms. The molecule has 0 spiro atoms. The van der Waals surface area contributed by atoms with Gasteiger partial charge in [-0.25, -0.2) is 0 Å². The highest BCUT2D eigenvalue weighted by Gasteiger charge is 2.20. The summed E-state index contributed by atoms with van der Waals surface area (Å²) in [6, 6.07) is 4.67. The van der Waals surface area contributed by atoms with Crippen molar-refractivity contribution in [1.29, 1.82) is 0 Å². The number of hydrogen-bond acceptors (Lipinski definition) is 1. The Kier molecular flexibility index (Phi) is 2.62. The van der Waals surface area contributed by atoms with Crippen LogP contribution in [0, 0.1) is 20.8 Å². The van der Waals surface area contributed by atoms with Crippen LogP contribution in [0.25, 0.3) is 10.1 Å². The second-order valence-electron chi connectivity index (χ2n) is 5.74. The molecule has 2 rings (SSSR count). The molecule has 1 aromatic heterocycles. The Morgan fingerprint density at radius 1 is 0.938 bits per heavy atom. The van der Waals surface area contributed by atoms with Crippen molar-refractivity contribution in [3.05, 3.63) is 33.7 Å². The summed E-state index contributed by atoms with van der Waals surface area (Å²) in [5.41, 5.74) is 4.52. The second kappa shape index (κ2) is 3.59. The number of aryl methyl sites for hydroxylation is 3. The third-order valence-corrected chi connectivity index (χ3v) is 4.91. The minimum absolute atomic E-state index is 0.260. The molecule has 0 bridgehead atoms. The van der Waals surface area contributed by atoms with Crippen LogP contribution in [0.5, 0.6) is 0 Å². The number of thiophene rings is 1. The van der Waals surface area contributed by atoms with Gasteiger partial charge in [0.2, 0.25) is 0 Å². The van der Waals surface area contributed by atoms with Crippen molar-refractivity contribution in [1.82, 2.24) is 0 Å². The first-order valence-electron chi connectivity index (χ1n) is 5.81. The van der Waals surface area contributed by atoms with Crippen LogP contribution in [0.4, 0.5) is 0 Å². The fourth-order valence-corrected chi connectivity index (χ4v) is 3.54. The van der Waals surface area contributed by atoms with E-state index in [4.69, 9.17) is 0 Å². The van der Waals surface area contributed by atoms with Gasteiger partial charge in [-0.15, -0.1) is 11.3 Å². The Hall–Kier alpha value is -0.820. The molecule has 0 saturated heterocycles. The first-order valence-corrected chi connectivity index (χ1v) is 6.63. The summed E-state index contributed by atoms with van der Waals surface area (Å²) in [7, 11) is 0. The predicted octanol–water partition coefficient (Wildman–Crippen LogP) is 5.12. The van der Waals surface area contributed by atoms with Crippen LogP contribution >= 0.6 is 11.3 Å². The van der Waals surface area contributed by atoms with Crippen molar-refractivity contribution in [2.24, 2.45) is 0 Å². The second-order valence-corrected chi connectivity index (χ2v) is 6.79. The molecule has 1 aromatic carbocycles. The van der Waals surface area contributed by atoms with Gasteiger partial charge in [0, 0.05) is 9.58 Å². The lowest BCUT2D eigenvalue weighted by Gasteiger charge is -2.17. The zero-order chi connectivity index (χ0) is 12.1. The lowest BCUT2D eigenvalue weighted by atomic mass is 9.91. The standard InChI is InChI=1S/C15H20S/c1-9-7-12-11(3)14(15(4,5)6)16-13(12)8-10(9)2/h7-8H,1-6H3. The summed E-state index contributed by atoms with van der Waals surface area (Å²) in [4.78, 5) is 1.52. The van der Waals surface area contributed by atoms with E-state index in [2.05, 4.69) is 53.7 Å². The highest BCUT2D eigenvalue weighted by Crippen LogP contribution is 2.39. The molecule has 0 unspecified atom stereocenters. The summed E-state index contributed by atoms with van der Waals surface area (Å²) < 4.78 is 1.44. The van der Waals surface area contributed by atoms with Gasteiger partial charge in [0.15, 0.2) is 0 Å². The SMILES string of the molecule is Cc1cc2sc(C(C)(C)C)c(C)c2cc1C. The Morgan fingerprint density at radius 3 is 2.06 bits per heavy atom. The van der Waals surface area contributed by atoms with E-state index in [1.54, 1.807) is 0 Å². The highest BCUT2D eigenvalue weighted by molar-refractivity contribution is 7.19. The molecule has 0 nitrogen and oxygen atoms in total. The maximum atomic E-state index is 2.34. The maximum Gasteiger partial charge on any atom is 0.0351 e. The molecule has 0 fully saturated rings. The summed E-state index contributed by atoms with van der Waals surface area (Å²) in [5, 5.41) is 1.44. The Morgan fingerprint density at radius 2 is 1.50 bits per heavy atom. The Bertz CT molecular complexity index is 539. The summed E-state index contributed by atoms with van der Waals surface area (Å²) in [5.74, 6) is 0. The zero-order valence-electron chi connectivity index (χ0n) is 11.1. The highest BCUT2D eigenvalue weighted by atomic mass is 32.1. The molecule has 0 saturated carbocycles. The van der Waals surface area contributed by atoms with Crippen LogP contribution in [0.1, 0.15) is 42.3 Å². The van der Waals surface area contributed by atoms with Crippen LogP contribution < -0.4 is 0 Å². The average molecular weight is 232 g/mol. The smallest absolute Gasteiger partial charge is 0.0351 e. The van der Waals surface area contributed by atoms with Crippen molar-refractivity contribution in [3.8, 4) is 0 Å². The number of hydrogen-bond donors (Lipinski definition) is 0. The van der Waals surface area contributed by atoms with Gasteiger partial charge in [-0.3, -0.25) is 0 Å². The normalized spacial score (nSPS) is 12.4. The van der Waals surface area contributed by atoms with Crippen molar-refractivity contribution in [2.75, 3.05) is 0 Å². The molecule has 2 aromatic rings. The Labute approximate surface area is 102 Å². The van der Waals surface area contributed by atoms with Gasteiger partial charge >= 0.3 is 0 Å². The number of rotatable bonds is 0. The molecule has 0 amide bonds. The summed E-state index contributed by atoms with van der Waals surface area (Å²) in [6.07, 6.45) is 0. The molecule has 0 aliphatic carbocycles. The fourth-order valence-electron chi connectivity index (χ4n) is 2.19. The van der Waals surface area contributed by atoms with Crippen molar-refractivity contribution < 1.29 is 0 Å². The van der Waals surface area contributed by atoms with Gasteiger partial charge < -0.3 is 0 Å². The first-order chi connectivity index (χ1) is 7.30. The van der Waals surface area contributed by atoms with Crippen LogP contribution in [0.3, 0.4) is 0 Å². The van der Waals surface area contributed by atoms with Gasteiger partial charge in [0.05, 0.1) is 0 Å². The predicted molar refractivity (Wildman–Crippen MR) is 74.7 cm³/mol. The van der Waals surface area contributed by atoms with Gasteiger partial charge in [0.1, 0.15) is 0 Å².